The standard InChI is InChI=1S/C16H18N4O2/c1-20(11-12-5-7-18-8-6-12)16(22)19-10-13-3-2-4-14(9-13)15(17)21/h2-9H,10-11H2,1H3,(H2,17,21)(H,19,22). The molecule has 0 bridgehead atoms. The molecule has 2 rings (SSSR count). The third-order valence-corrected chi connectivity index (χ3v) is 3.17. The molecular weight excluding hydrogens is 280 g/mol. The van der Waals surface area contributed by atoms with E-state index in [2.05, 4.69) is 10.3 Å². The Labute approximate surface area is 129 Å². The van der Waals surface area contributed by atoms with Crippen LogP contribution in [-0.4, -0.2) is 28.9 Å². The van der Waals surface area contributed by atoms with Gasteiger partial charge in [-0.25, -0.2) is 4.79 Å². The van der Waals surface area contributed by atoms with Crippen molar-refractivity contribution in [1.82, 2.24) is 15.2 Å². The molecule has 0 spiro atoms. The van der Waals surface area contributed by atoms with E-state index in [1.54, 1.807) is 42.5 Å². The SMILES string of the molecule is CN(Cc1ccncc1)C(=O)NCc1cccc(C(N)=O)c1. The molecule has 0 aliphatic carbocycles. The van der Waals surface area contributed by atoms with Gasteiger partial charge in [-0.05, 0) is 35.4 Å². The summed E-state index contributed by atoms with van der Waals surface area (Å²) in [5, 5.41) is 2.80. The molecule has 1 aromatic carbocycles. The highest BCUT2D eigenvalue weighted by Crippen LogP contribution is 2.05. The summed E-state index contributed by atoms with van der Waals surface area (Å²) in [6, 6.07) is 10.4. The summed E-state index contributed by atoms with van der Waals surface area (Å²) in [6.45, 7) is 0.830. The molecule has 6 nitrogen and oxygen atoms in total. The van der Waals surface area contributed by atoms with E-state index >= 15 is 0 Å². The topological polar surface area (TPSA) is 88.3 Å². The number of benzene rings is 1. The molecule has 0 unspecified atom stereocenters. The van der Waals surface area contributed by atoms with Crippen molar-refractivity contribution in [3.05, 3.63) is 65.5 Å². The molecule has 1 aromatic heterocycles. The maximum Gasteiger partial charge on any atom is 0.317 e. The van der Waals surface area contributed by atoms with Crippen molar-refractivity contribution in [3.8, 4) is 0 Å². The molecule has 0 saturated heterocycles. The lowest BCUT2D eigenvalue weighted by Crippen LogP contribution is -2.36. The van der Waals surface area contributed by atoms with Crippen LogP contribution >= 0.6 is 0 Å². The number of pyridine rings is 1. The predicted octanol–water partition coefficient (Wildman–Crippen LogP) is 1.52. The van der Waals surface area contributed by atoms with E-state index in [0.717, 1.165) is 11.1 Å². The zero-order chi connectivity index (χ0) is 15.9. The molecule has 0 radical (unpaired) electrons. The highest BCUT2D eigenvalue weighted by Gasteiger charge is 2.09. The molecule has 0 saturated carbocycles. The van der Waals surface area contributed by atoms with Crippen LogP contribution in [0.3, 0.4) is 0 Å². The predicted molar refractivity (Wildman–Crippen MR) is 82.9 cm³/mol. The molecule has 1 heterocycles. The molecule has 0 atom stereocenters. The normalized spacial score (nSPS) is 10.0. The van der Waals surface area contributed by atoms with Crippen molar-refractivity contribution in [2.45, 2.75) is 13.1 Å². The fraction of sp³-hybridized carbons (Fsp3) is 0.188. The summed E-state index contributed by atoms with van der Waals surface area (Å²) < 4.78 is 0. The summed E-state index contributed by atoms with van der Waals surface area (Å²) in [5.74, 6) is -0.483. The van der Waals surface area contributed by atoms with Gasteiger partial charge < -0.3 is 16.0 Å². The largest absolute Gasteiger partial charge is 0.366 e. The number of nitrogens with one attached hydrogen (secondary N) is 1. The second-order valence-electron chi connectivity index (χ2n) is 4.93. The van der Waals surface area contributed by atoms with Gasteiger partial charge in [-0.2, -0.15) is 0 Å². The first-order chi connectivity index (χ1) is 10.6. The summed E-state index contributed by atoms with van der Waals surface area (Å²) in [6.07, 6.45) is 3.38. The van der Waals surface area contributed by atoms with Crippen molar-refractivity contribution in [2.75, 3.05) is 7.05 Å². The highest BCUT2D eigenvalue weighted by atomic mass is 16.2. The van der Waals surface area contributed by atoms with E-state index in [4.69, 9.17) is 5.73 Å². The minimum absolute atomic E-state index is 0.193. The van der Waals surface area contributed by atoms with Crippen LogP contribution in [0.15, 0.2) is 48.8 Å². The van der Waals surface area contributed by atoms with E-state index in [0.29, 0.717) is 18.7 Å². The van der Waals surface area contributed by atoms with Gasteiger partial charge in [0.25, 0.3) is 0 Å². The zero-order valence-corrected chi connectivity index (χ0v) is 12.3. The Hall–Kier alpha value is -2.89. The first-order valence-corrected chi connectivity index (χ1v) is 6.83. The van der Waals surface area contributed by atoms with E-state index < -0.39 is 5.91 Å². The van der Waals surface area contributed by atoms with Gasteiger partial charge in [0.1, 0.15) is 0 Å². The molecule has 3 N–H and O–H groups in total. The van der Waals surface area contributed by atoms with Crippen molar-refractivity contribution >= 4 is 11.9 Å². The average molecular weight is 298 g/mol. The first-order valence-electron chi connectivity index (χ1n) is 6.83. The van der Waals surface area contributed by atoms with Crippen molar-refractivity contribution in [3.63, 3.8) is 0 Å². The molecule has 114 valence electrons. The molecule has 22 heavy (non-hydrogen) atoms. The number of hydrogen-bond donors (Lipinski definition) is 2. The van der Waals surface area contributed by atoms with Crippen molar-refractivity contribution in [2.24, 2.45) is 5.73 Å². The van der Waals surface area contributed by atoms with E-state index in [1.807, 2.05) is 18.2 Å². The fourth-order valence-electron chi connectivity index (χ4n) is 1.98. The van der Waals surface area contributed by atoms with Gasteiger partial charge in [-0.15, -0.1) is 0 Å². The Balaban J connectivity index is 1.89. The lowest BCUT2D eigenvalue weighted by Gasteiger charge is -2.18. The van der Waals surface area contributed by atoms with Gasteiger partial charge in [0.15, 0.2) is 0 Å². The number of aromatic nitrogens is 1. The van der Waals surface area contributed by atoms with Crippen LogP contribution in [0.2, 0.25) is 0 Å². The van der Waals surface area contributed by atoms with Crippen LogP contribution in [0.5, 0.6) is 0 Å². The van der Waals surface area contributed by atoms with Crippen LogP contribution < -0.4 is 11.1 Å². The number of rotatable bonds is 5. The highest BCUT2D eigenvalue weighted by molar-refractivity contribution is 5.92. The zero-order valence-electron chi connectivity index (χ0n) is 12.3. The Kier molecular flexibility index (Phi) is 5.08. The number of urea groups is 1. The maximum absolute atomic E-state index is 12.0. The minimum Gasteiger partial charge on any atom is -0.366 e. The summed E-state index contributed by atoms with van der Waals surface area (Å²) in [5.41, 5.74) is 7.49. The van der Waals surface area contributed by atoms with Crippen molar-refractivity contribution < 1.29 is 9.59 Å². The van der Waals surface area contributed by atoms with Gasteiger partial charge in [-0.3, -0.25) is 9.78 Å². The molecule has 2 aromatic rings. The third kappa shape index (κ3) is 4.31. The Morgan fingerprint density at radius 3 is 2.59 bits per heavy atom. The second-order valence-corrected chi connectivity index (χ2v) is 4.93. The van der Waals surface area contributed by atoms with Crippen molar-refractivity contribution in [1.29, 1.82) is 0 Å². The molecular formula is C16H18N4O2. The molecule has 0 aliphatic rings. The quantitative estimate of drug-likeness (QED) is 0.877. The average Bonchev–Trinajstić information content (AvgIpc) is 2.53. The molecule has 0 fully saturated rings. The molecule has 0 aliphatic heterocycles. The number of nitrogens with two attached hydrogens (primary N) is 1. The third-order valence-electron chi connectivity index (χ3n) is 3.17. The minimum atomic E-state index is -0.483. The number of carbonyl (C=O) groups excluding carboxylic acids is 2. The summed E-state index contributed by atoms with van der Waals surface area (Å²) >= 11 is 0. The molecule has 6 heteroatoms. The lowest BCUT2D eigenvalue weighted by molar-refractivity contribution is 0.1000. The maximum atomic E-state index is 12.0. The fourth-order valence-corrected chi connectivity index (χ4v) is 1.98. The second kappa shape index (κ2) is 7.21. The number of hydrogen-bond acceptors (Lipinski definition) is 3. The van der Waals surface area contributed by atoms with Crippen LogP contribution in [-0.2, 0) is 13.1 Å². The number of amides is 3. The molecule has 3 amide bonds. The van der Waals surface area contributed by atoms with Gasteiger partial charge in [-0.1, -0.05) is 12.1 Å². The van der Waals surface area contributed by atoms with Gasteiger partial charge in [0.2, 0.25) is 5.91 Å². The van der Waals surface area contributed by atoms with E-state index in [-0.39, 0.29) is 6.03 Å². The van der Waals surface area contributed by atoms with Crippen LogP contribution in [0.4, 0.5) is 4.79 Å². The number of nitrogens with zero attached hydrogens (tertiary/aromatic N) is 2. The van der Waals surface area contributed by atoms with Crippen LogP contribution in [0, 0.1) is 0 Å². The van der Waals surface area contributed by atoms with Crippen LogP contribution in [0.1, 0.15) is 21.5 Å². The van der Waals surface area contributed by atoms with Gasteiger partial charge in [0.05, 0.1) is 0 Å². The summed E-state index contributed by atoms with van der Waals surface area (Å²) in [7, 11) is 1.72. The number of carbonyl (C=O) groups is 2. The monoisotopic (exact) mass is 298 g/mol. The van der Waals surface area contributed by atoms with Gasteiger partial charge >= 0.3 is 6.03 Å². The summed E-state index contributed by atoms with van der Waals surface area (Å²) in [4.78, 5) is 28.7. The Morgan fingerprint density at radius 1 is 1.18 bits per heavy atom. The van der Waals surface area contributed by atoms with E-state index in [9.17, 15) is 9.59 Å². The Bertz CT molecular complexity index is 658. The smallest absolute Gasteiger partial charge is 0.317 e. The van der Waals surface area contributed by atoms with Gasteiger partial charge in [0, 0.05) is 38.1 Å². The first kappa shape index (κ1) is 15.5. The lowest BCUT2D eigenvalue weighted by atomic mass is 10.1. The number of primary amides is 1. The Morgan fingerprint density at radius 2 is 1.91 bits per heavy atom. The van der Waals surface area contributed by atoms with Crippen LogP contribution in [0.25, 0.3) is 0 Å². The van der Waals surface area contributed by atoms with E-state index in [1.165, 1.54) is 0 Å².